The Morgan fingerprint density at radius 1 is 1.56 bits per heavy atom. The Morgan fingerprint density at radius 3 is 2.81 bits per heavy atom. The average Bonchev–Trinajstić information content (AvgIpc) is 2.73. The van der Waals surface area contributed by atoms with Gasteiger partial charge < -0.3 is 10.6 Å². The Kier molecular flexibility index (Phi) is 7.38. The molecule has 0 saturated heterocycles. The molecular formula is C11H19ClN2OS. The van der Waals surface area contributed by atoms with E-state index in [1.54, 1.807) is 0 Å². The van der Waals surface area contributed by atoms with Gasteiger partial charge in [-0.05, 0) is 37.4 Å². The summed E-state index contributed by atoms with van der Waals surface area (Å²) in [6.07, 6.45) is 0.911. The third kappa shape index (κ3) is 4.12. The number of amides is 1. The van der Waals surface area contributed by atoms with Crippen LogP contribution >= 0.6 is 23.7 Å². The quantitative estimate of drug-likeness (QED) is 0.853. The van der Waals surface area contributed by atoms with E-state index in [1.165, 1.54) is 11.3 Å². The highest BCUT2D eigenvalue weighted by atomic mass is 35.5. The van der Waals surface area contributed by atoms with E-state index in [-0.39, 0.29) is 18.3 Å². The van der Waals surface area contributed by atoms with Crippen LogP contribution in [0.1, 0.15) is 29.1 Å². The number of hydrogen-bond donors (Lipinski definition) is 2. The largest absolute Gasteiger partial charge is 0.350 e. The molecule has 0 spiro atoms. The van der Waals surface area contributed by atoms with Crippen LogP contribution in [-0.2, 0) is 6.42 Å². The maximum absolute atomic E-state index is 11.8. The lowest BCUT2D eigenvalue weighted by Crippen LogP contribution is -2.37. The maximum atomic E-state index is 11.8. The second-order valence-electron chi connectivity index (χ2n) is 3.53. The lowest BCUT2D eigenvalue weighted by Gasteiger charge is -2.11. The Morgan fingerprint density at radius 2 is 2.25 bits per heavy atom. The van der Waals surface area contributed by atoms with Crippen molar-refractivity contribution in [1.82, 2.24) is 10.6 Å². The molecule has 3 nitrogen and oxygen atoms in total. The van der Waals surface area contributed by atoms with E-state index >= 15 is 0 Å². The van der Waals surface area contributed by atoms with Gasteiger partial charge in [-0.3, -0.25) is 4.79 Å². The molecule has 0 bridgehead atoms. The van der Waals surface area contributed by atoms with Gasteiger partial charge in [0, 0.05) is 12.6 Å². The molecule has 0 aliphatic carbocycles. The first kappa shape index (κ1) is 15.4. The van der Waals surface area contributed by atoms with Crippen LogP contribution in [0.3, 0.4) is 0 Å². The molecule has 0 aromatic carbocycles. The number of carbonyl (C=O) groups excluding carboxylic acids is 1. The fraction of sp³-hybridized carbons (Fsp3) is 0.545. The molecule has 0 radical (unpaired) electrons. The normalized spacial score (nSPS) is 11.7. The van der Waals surface area contributed by atoms with Gasteiger partial charge in [-0.2, -0.15) is 0 Å². The zero-order valence-electron chi connectivity index (χ0n) is 9.87. The molecule has 0 saturated carbocycles. The van der Waals surface area contributed by atoms with Crippen molar-refractivity contribution in [1.29, 1.82) is 0 Å². The van der Waals surface area contributed by atoms with E-state index in [4.69, 9.17) is 0 Å². The maximum Gasteiger partial charge on any atom is 0.261 e. The minimum absolute atomic E-state index is 0. The molecule has 1 aromatic heterocycles. The molecule has 5 heteroatoms. The van der Waals surface area contributed by atoms with Gasteiger partial charge in [-0.1, -0.05) is 6.92 Å². The summed E-state index contributed by atoms with van der Waals surface area (Å²) in [7, 11) is 1.89. The molecule has 1 amide bonds. The Balaban J connectivity index is 0.00000225. The van der Waals surface area contributed by atoms with E-state index in [0.29, 0.717) is 12.6 Å². The number of carbonyl (C=O) groups is 1. The van der Waals surface area contributed by atoms with Gasteiger partial charge in [0.15, 0.2) is 0 Å². The summed E-state index contributed by atoms with van der Waals surface area (Å²) in [5.74, 6) is 0.0453. The zero-order chi connectivity index (χ0) is 11.3. The number of nitrogens with one attached hydrogen (secondary N) is 2. The van der Waals surface area contributed by atoms with Crippen LogP contribution in [0.2, 0.25) is 0 Å². The summed E-state index contributed by atoms with van der Waals surface area (Å²) in [5, 5.41) is 7.97. The minimum atomic E-state index is 0. The summed E-state index contributed by atoms with van der Waals surface area (Å²) in [4.78, 5) is 12.6. The van der Waals surface area contributed by atoms with E-state index < -0.39 is 0 Å². The summed E-state index contributed by atoms with van der Waals surface area (Å²) in [5.41, 5.74) is 1.13. The minimum Gasteiger partial charge on any atom is -0.350 e. The van der Waals surface area contributed by atoms with E-state index in [1.807, 2.05) is 25.4 Å². The van der Waals surface area contributed by atoms with Crippen molar-refractivity contribution >= 4 is 29.7 Å². The molecule has 0 fully saturated rings. The molecule has 1 rings (SSSR count). The van der Waals surface area contributed by atoms with Gasteiger partial charge in [-0.15, -0.1) is 23.7 Å². The fourth-order valence-electron chi connectivity index (χ4n) is 1.24. The second kappa shape index (κ2) is 7.65. The summed E-state index contributed by atoms with van der Waals surface area (Å²) >= 11 is 1.51. The van der Waals surface area contributed by atoms with Crippen LogP contribution in [0.25, 0.3) is 0 Å². The second-order valence-corrected chi connectivity index (χ2v) is 4.44. The Hall–Kier alpha value is -0.580. The molecule has 0 aliphatic heterocycles. The van der Waals surface area contributed by atoms with Gasteiger partial charge >= 0.3 is 0 Å². The predicted octanol–water partition coefficient (Wildman–Crippen LogP) is 2.07. The van der Waals surface area contributed by atoms with E-state index in [2.05, 4.69) is 17.6 Å². The van der Waals surface area contributed by atoms with Crippen LogP contribution in [-0.4, -0.2) is 25.5 Å². The van der Waals surface area contributed by atoms with Gasteiger partial charge in [0.25, 0.3) is 5.91 Å². The highest BCUT2D eigenvalue weighted by molar-refractivity contribution is 7.12. The highest BCUT2D eigenvalue weighted by Crippen LogP contribution is 2.16. The highest BCUT2D eigenvalue weighted by Gasteiger charge is 2.11. The van der Waals surface area contributed by atoms with Crippen molar-refractivity contribution < 1.29 is 4.79 Å². The molecule has 2 N–H and O–H groups in total. The lowest BCUT2D eigenvalue weighted by molar-refractivity contribution is 0.0954. The van der Waals surface area contributed by atoms with Crippen molar-refractivity contribution in [2.45, 2.75) is 26.3 Å². The summed E-state index contributed by atoms with van der Waals surface area (Å²) in [6, 6.07) is 2.32. The van der Waals surface area contributed by atoms with Gasteiger partial charge in [0.05, 0.1) is 4.88 Å². The van der Waals surface area contributed by atoms with Crippen LogP contribution in [0.15, 0.2) is 11.4 Å². The third-order valence-electron chi connectivity index (χ3n) is 2.40. The Labute approximate surface area is 107 Å². The number of aryl methyl sites for hydroxylation is 1. The first-order valence-corrected chi connectivity index (χ1v) is 6.08. The monoisotopic (exact) mass is 262 g/mol. The van der Waals surface area contributed by atoms with Crippen LogP contribution < -0.4 is 10.6 Å². The fourth-order valence-corrected chi connectivity index (χ4v) is 2.15. The van der Waals surface area contributed by atoms with Gasteiger partial charge in [0.2, 0.25) is 0 Å². The summed E-state index contributed by atoms with van der Waals surface area (Å²) in [6.45, 7) is 4.76. The van der Waals surface area contributed by atoms with Crippen LogP contribution in [0.5, 0.6) is 0 Å². The molecular weight excluding hydrogens is 244 g/mol. The first-order chi connectivity index (χ1) is 7.19. The molecule has 92 valence electrons. The lowest BCUT2D eigenvalue weighted by atomic mass is 10.2. The topological polar surface area (TPSA) is 41.1 Å². The number of thiophene rings is 1. The van der Waals surface area contributed by atoms with Gasteiger partial charge in [-0.25, -0.2) is 0 Å². The van der Waals surface area contributed by atoms with Gasteiger partial charge in [0.1, 0.15) is 0 Å². The number of rotatable bonds is 5. The average molecular weight is 263 g/mol. The van der Waals surface area contributed by atoms with E-state index in [9.17, 15) is 4.79 Å². The van der Waals surface area contributed by atoms with Crippen molar-refractivity contribution in [3.63, 3.8) is 0 Å². The van der Waals surface area contributed by atoms with Crippen molar-refractivity contribution in [2.24, 2.45) is 0 Å². The van der Waals surface area contributed by atoms with Crippen molar-refractivity contribution in [2.75, 3.05) is 13.6 Å². The Bertz CT molecular complexity index is 328. The zero-order valence-corrected chi connectivity index (χ0v) is 11.5. The number of likely N-dealkylation sites (N-methyl/N-ethyl adjacent to an activating group) is 1. The SMILES string of the molecule is CCc1ccsc1C(=O)NCC(C)NC.Cl. The standard InChI is InChI=1S/C11H18N2OS.ClH/c1-4-9-5-6-15-10(9)11(14)13-7-8(2)12-3;/h5-6,8,12H,4,7H2,1-3H3,(H,13,14);1H. The molecule has 1 atom stereocenters. The number of halogens is 1. The molecule has 1 unspecified atom stereocenters. The van der Waals surface area contributed by atoms with Crippen molar-refractivity contribution in [3.05, 3.63) is 21.9 Å². The smallest absolute Gasteiger partial charge is 0.261 e. The number of hydrogen-bond acceptors (Lipinski definition) is 3. The van der Waals surface area contributed by atoms with Crippen LogP contribution in [0, 0.1) is 0 Å². The third-order valence-corrected chi connectivity index (χ3v) is 3.35. The molecule has 1 aromatic rings. The molecule has 1 heterocycles. The predicted molar refractivity (Wildman–Crippen MR) is 71.8 cm³/mol. The van der Waals surface area contributed by atoms with Crippen LogP contribution in [0.4, 0.5) is 0 Å². The molecule has 16 heavy (non-hydrogen) atoms. The molecule has 0 aliphatic rings. The first-order valence-electron chi connectivity index (χ1n) is 5.20. The van der Waals surface area contributed by atoms with Crippen molar-refractivity contribution in [3.8, 4) is 0 Å². The van der Waals surface area contributed by atoms with E-state index in [0.717, 1.165) is 16.9 Å². The summed E-state index contributed by atoms with van der Waals surface area (Å²) < 4.78 is 0.